The average Bonchev–Trinajstić information content (AvgIpc) is 2.62. The molecule has 0 amide bonds. The second-order valence-electron chi connectivity index (χ2n) is 6.98. The van der Waals surface area contributed by atoms with Crippen molar-refractivity contribution in [2.75, 3.05) is 6.61 Å². The third kappa shape index (κ3) is 3.95. The van der Waals surface area contributed by atoms with Crippen LogP contribution in [0.2, 0.25) is 0 Å². The number of ether oxygens (including phenoxy) is 1. The molecular weight excluding hydrogens is 296 g/mol. The minimum atomic E-state index is 0.687. The van der Waals surface area contributed by atoms with Gasteiger partial charge in [-0.2, -0.15) is 0 Å². The Morgan fingerprint density at radius 1 is 1.21 bits per heavy atom. The molecule has 3 heteroatoms. The Labute approximate surface area is 145 Å². The predicted octanol–water partition coefficient (Wildman–Crippen LogP) is 5.08. The Hall–Kier alpha value is -1.90. The molecule has 0 radical (unpaired) electrons. The van der Waals surface area contributed by atoms with Gasteiger partial charge in [0, 0.05) is 17.5 Å². The van der Waals surface area contributed by atoms with Crippen LogP contribution in [0.4, 0.5) is 0 Å². The van der Waals surface area contributed by atoms with E-state index in [0.29, 0.717) is 6.61 Å². The molecule has 0 N–H and O–H groups in total. The molecule has 1 heterocycles. The highest BCUT2D eigenvalue weighted by Gasteiger charge is 2.22. The molecule has 0 aliphatic heterocycles. The molecule has 2 aromatic rings. The van der Waals surface area contributed by atoms with Crippen LogP contribution in [-0.4, -0.2) is 16.6 Å². The highest BCUT2D eigenvalue weighted by atomic mass is 16.5. The molecule has 0 saturated heterocycles. The fourth-order valence-corrected chi connectivity index (χ4v) is 3.53. The third-order valence-electron chi connectivity index (χ3n) is 5.11. The number of hydrogen-bond acceptors (Lipinski definition) is 3. The van der Waals surface area contributed by atoms with Gasteiger partial charge in [-0.25, -0.2) is 9.97 Å². The molecule has 0 fully saturated rings. The lowest BCUT2D eigenvalue weighted by atomic mass is 9.81. The van der Waals surface area contributed by atoms with Gasteiger partial charge >= 0.3 is 0 Å². The maximum absolute atomic E-state index is 5.50. The zero-order valence-electron chi connectivity index (χ0n) is 15.1. The number of hydrogen-bond donors (Lipinski definition) is 0. The van der Waals surface area contributed by atoms with E-state index in [0.717, 1.165) is 41.8 Å². The average molecular weight is 324 g/mol. The highest BCUT2D eigenvalue weighted by molar-refractivity contribution is 5.56. The molecule has 24 heavy (non-hydrogen) atoms. The maximum Gasteiger partial charge on any atom is 0.159 e. The topological polar surface area (TPSA) is 35.0 Å². The van der Waals surface area contributed by atoms with Crippen molar-refractivity contribution in [2.24, 2.45) is 11.8 Å². The van der Waals surface area contributed by atoms with Crippen molar-refractivity contribution in [2.45, 2.75) is 52.9 Å². The fourth-order valence-electron chi connectivity index (χ4n) is 3.53. The highest BCUT2D eigenvalue weighted by Crippen LogP contribution is 2.30. The van der Waals surface area contributed by atoms with Gasteiger partial charge in [-0.05, 0) is 74.3 Å². The van der Waals surface area contributed by atoms with Crippen molar-refractivity contribution in [1.29, 1.82) is 0 Å². The van der Waals surface area contributed by atoms with Crippen LogP contribution in [0.25, 0.3) is 11.4 Å². The first kappa shape index (κ1) is 16.9. The maximum atomic E-state index is 5.50. The monoisotopic (exact) mass is 324 g/mol. The molecule has 2 atom stereocenters. The van der Waals surface area contributed by atoms with Crippen LogP contribution in [0.15, 0.2) is 30.5 Å². The van der Waals surface area contributed by atoms with Gasteiger partial charge in [-0.3, -0.25) is 0 Å². The summed E-state index contributed by atoms with van der Waals surface area (Å²) < 4.78 is 5.50. The molecule has 2 unspecified atom stereocenters. The molecule has 1 aromatic heterocycles. The van der Waals surface area contributed by atoms with Crippen molar-refractivity contribution in [1.82, 2.24) is 9.97 Å². The van der Waals surface area contributed by atoms with Crippen molar-refractivity contribution >= 4 is 0 Å². The molecule has 0 spiro atoms. The molecule has 0 saturated carbocycles. The summed E-state index contributed by atoms with van der Waals surface area (Å²) in [5, 5.41) is 0. The lowest BCUT2D eigenvalue weighted by Crippen LogP contribution is -2.18. The summed E-state index contributed by atoms with van der Waals surface area (Å²) in [5.74, 6) is 3.34. The molecule has 3 nitrogen and oxygen atoms in total. The smallest absolute Gasteiger partial charge is 0.159 e. The zero-order chi connectivity index (χ0) is 16.9. The lowest BCUT2D eigenvalue weighted by molar-refractivity contribution is 0.340. The Balaban J connectivity index is 1.73. The van der Waals surface area contributed by atoms with Crippen molar-refractivity contribution < 1.29 is 4.74 Å². The standard InChI is InChI=1S/C21H28N2O/c1-4-15(3)12-16-6-11-20-18(13-16)14-22-21(23-20)17-7-9-19(10-8-17)24-5-2/h7-10,14-16H,4-6,11-13H2,1-3H3. The molecule has 128 valence electrons. The molecule has 1 aromatic carbocycles. The van der Waals surface area contributed by atoms with E-state index in [1.165, 1.54) is 30.5 Å². The first-order chi connectivity index (χ1) is 11.7. The number of aromatic nitrogens is 2. The summed E-state index contributed by atoms with van der Waals surface area (Å²) in [6, 6.07) is 8.07. The van der Waals surface area contributed by atoms with Crippen LogP contribution < -0.4 is 4.74 Å². The summed E-state index contributed by atoms with van der Waals surface area (Å²) in [5.41, 5.74) is 3.65. The van der Waals surface area contributed by atoms with Gasteiger partial charge in [0.15, 0.2) is 5.82 Å². The van der Waals surface area contributed by atoms with Crippen molar-refractivity contribution in [3.05, 3.63) is 41.7 Å². The van der Waals surface area contributed by atoms with Crippen LogP contribution in [-0.2, 0) is 12.8 Å². The Bertz CT molecular complexity index is 666. The number of fused-ring (bicyclic) bond motifs is 1. The molecule has 1 aliphatic carbocycles. The van der Waals surface area contributed by atoms with Crippen molar-refractivity contribution in [3.63, 3.8) is 0 Å². The number of nitrogens with zero attached hydrogens (tertiary/aromatic N) is 2. The predicted molar refractivity (Wildman–Crippen MR) is 98.2 cm³/mol. The quantitative estimate of drug-likeness (QED) is 0.743. The van der Waals surface area contributed by atoms with E-state index in [-0.39, 0.29) is 0 Å². The Kier molecular flexibility index (Phi) is 5.49. The van der Waals surface area contributed by atoms with Gasteiger partial charge in [-0.1, -0.05) is 20.3 Å². The largest absolute Gasteiger partial charge is 0.494 e. The first-order valence-electron chi connectivity index (χ1n) is 9.27. The molecule has 3 rings (SSSR count). The Morgan fingerprint density at radius 3 is 2.71 bits per heavy atom. The summed E-state index contributed by atoms with van der Waals surface area (Å²) in [6.45, 7) is 7.33. The Morgan fingerprint density at radius 2 is 2.00 bits per heavy atom. The van der Waals surface area contributed by atoms with Crippen molar-refractivity contribution in [3.8, 4) is 17.1 Å². The van der Waals surface area contributed by atoms with E-state index in [9.17, 15) is 0 Å². The van der Waals surface area contributed by atoms with E-state index in [2.05, 4.69) is 25.0 Å². The summed E-state index contributed by atoms with van der Waals surface area (Å²) in [4.78, 5) is 9.46. The van der Waals surface area contributed by atoms with Crippen LogP contribution in [0.1, 0.15) is 51.3 Å². The van der Waals surface area contributed by atoms with Gasteiger partial charge in [0.1, 0.15) is 5.75 Å². The van der Waals surface area contributed by atoms with Crippen LogP contribution in [0.5, 0.6) is 5.75 Å². The fraction of sp³-hybridized carbons (Fsp3) is 0.524. The summed E-state index contributed by atoms with van der Waals surface area (Å²) in [7, 11) is 0. The second kappa shape index (κ2) is 7.78. The SMILES string of the molecule is CCOc1ccc(-c2ncc3c(n2)CCC(CC(C)CC)C3)cc1. The van der Waals surface area contributed by atoms with Gasteiger partial charge < -0.3 is 4.74 Å². The normalized spacial score (nSPS) is 18.0. The zero-order valence-corrected chi connectivity index (χ0v) is 15.1. The lowest BCUT2D eigenvalue weighted by Gasteiger charge is -2.26. The van der Waals surface area contributed by atoms with E-state index in [4.69, 9.17) is 9.72 Å². The summed E-state index contributed by atoms with van der Waals surface area (Å²) in [6.07, 6.45) is 8.15. The number of aryl methyl sites for hydroxylation is 1. The molecular formula is C21H28N2O. The van der Waals surface area contributed by atoms with Crippen LogP contribution in [0.3, 0.4) is 0 Å². The van der Waals surface area contributed by atoms with Gasteiger partial charge in [0.05, 0.1) is 6.61 Å². The van der Waals surface area contributed by atoms with Gasteiger partial charge in [-0.15, -0.1) is 0 Å². The van der Waals surface area contributed by atoms with E-state index in [1.54, 1.807) is 0 Å². The summed E-state index contributed by atoms with van der Waals surface area (Å²) >= 11 is 0. The van der Waals surface area contributed by atoms with Crippen LogP contribution >= 0.6 is 0 Å². The third-order valence-corrected chi connectivity index (χ3v) is 5.11. The van der Waals surface area contributed by atoms with E-state index >= 15 is 0 Å². The minimum absolute atomic E-state index is 0.687. The number of benzene rings is 1. The van der Waals surface area contributed by atoms with Gasteiger partial charge in [0.2, 0.25) is 0 Å². The van der Waals surface area contributed by atoms with E-state index < -0.39 is 0 Å². The van der Waals surface area contributed by atoms with Crippen LogP contribution in [0, 0.1) is 11.8 Å². The minimum Gasteiger partial charge on any atom is -0.494 e. The number of rotatable bonds is 6. The first-order valence-corrected chi connectivity index (χ1v) is 9.27. The second-order valence-corrected chi connectivity index (χ2v) is 6.98. The van der Waals surface area contributed by atoms with E-state index in [1.807, 2.05) is 31.2 Å². The molecule has 0 bridgehead atoms. The molecule has 1 aliphatic rings. The van der Waals surface area contributed by atoms with Gasteiger partial charge in [0.25, 0.3) is 0 Å².